The van der Waals surface area contributed by atoms with Crippen LogP contribution in [0.25, 0.3) is 0 Å². The molecule has 0 spiro atoms. The highest BCUT2D eigenvalue weighted by atomic mass is 16.2. The fourth-order valence-electron chi connectivity index (χ4n) is 4.22. The van der Waals surface area contributed by atoms with Crippen molar-refractivity contribution in [2.45, 2.75) is 38.8 Å². The Hall–Kier alpha value is -2.66. The molecule has 0 radical (unpaired) electrons. The van der Waals surface area contributed by atoms with Gasteiger partial charge in [0.2, 0.25) is 11.8 Å². The highest BCUT2D eigenvalue weighted by Crippen LogP contribution is 2.22. The number of hydrogen-bond acceptors (Lipinski definition) is 3. The van der Waals surface area contributed by atoms with Crippen molar-refractivity contribution >= 4 is 17.5 Å². The number of hydrogen-bond donors (Lipinski definition) is 1. The summed E-state index contributed by atoms with van der Waals surface area (Å²) in [6.07, 6.45) is 4.20. The number of carbonyl (C=O) groups excluding carboxylic acids is 2. The average molecular weight is 392 g/mol. The molecular formula is C24H29N3O2. The number of amides is 2. The van der Waals surface area contributed by atoms with Crippen LogP contribution >= 0.6 is 0 Å². The Morgan fingerprint density at radius 2 is 1.59 bits per heavy atom. The van der Waals surface area contributed by atoms with Crippen molar-refractivity contribution in [1.29, 1.82) is 0 Å². The molecule has 5 nitrogen and oxygen atoms in total. The van der Waals surface area contributed by atoms with E-state index in [2.05, 4.69) is 22.3 Å². The lowest BCUT2D eigenvalue weighted by Gasteiger charge is -2.26. The minimum atomic E-state index is -0.292. The van der Waals surface area contributed by atoms with E-state index >= 15 is 0 Å². The molecule has 2 amide bonds. The van der Waals surface area contributed by atoms with E-state index in [4.69, 9.17) is 0 Å². The van der Waals surface area contributed by atoms with Crippen molar-refractivity contribution < 1.29 is 9.59 Å². The molecule has 2 aliphatic heterocycles. The number of piperidine rings is 1. The van der Waals surface area contributed by atoms with Gasteiger partial charge in [0.25, 0.3) is 0 Å². The molecule has 29 heavy (non-hydrogen) atoms. The van der Waals surface area contributed by atoms with E-state index in [1.54, 1.807) is 4.90 Å². The lowest BCUT2D eigenvalue weighted by atomic mass is 10.1. The minimum Gasteiger partial charge on any atom is -0.338 e. The zero-order valence-electron chi connectivity index (χ0n) is 16.8. The molecule has 2 aliphatic rings. The van der Waals surface area contributed by atoms with Crippen molar-refractivity contribution in [1.82, 2.24) is 9.80 Å². The first kappa shape index (κ1) is 19.6. The van der Waals surface area contributed by atoms with Crippen LogP contribution < -0.4 is 5.32 Å². The van der Waals surface area contributed by atoms with E-state index in [1.165, 1.54) is 37.9 Å². The number of nitrogens with one attached hydrogen (secondary N) is 1. The first-order valence-corrected chi connectivity index (χ1v) is 10.6. The second-order valence-corrected chi connectivity index (χ2v) is 8.18. The van der Waals surface area contributed by atoms with Gasteiger partial charge in [-0.3, -0.25) is 14.5 Å². The third-order valence-electron chi connectivity index (χ3n) is 5.88. The van der Waals surface area contributed by atoms with Crippen LogP contribution in [0.2, 0.25) is 0 Å². The molecule has 1 N–H and O–H groups in total. The maximum atomic E-state index is 12.7. The van der Waals surface area contributed by atoms with Gasteiger partial charge in [0.15, 0.2) is 0 Å². The maximum absolute atomic E-state index is 12.7. The SMILES string of the molecule is O=C(Nc1ccc(CN2CCCCC2)cc1)C1CC(=O)N(Cc2ccccc2)C1. The molecule has 0 bridgehead atoms. The van der Waals surface area contributed by atoms with Gasteiger partial charge in [-0.15, -0.1) is 0 Å². The van der Waals surface area contributed by atoms with Crippen LogP contribution in [0.5, 0.6) is 0 Å². The summed E-state index contributed by atoms with van der Waals surface area (Å²) in [6, 6.07) is 18.0. The van der Waals surface area contributed by atoms with Crippen LogP contribution in [0.4, 0.5) is 5.69 Å². The average Bonchev–Trinajstić information content (AvgIpc) is 3.11. The predicted octanol–water partition coefficient (Wildman–Crippen LogP) is 3.66. The van der Waals surface area contributed by atoms with Gasteiger partial charge in [0.1, 0.15) is 0 Å². The summed E-state index contributed by atoms with van der Waals surface area (Å²) < 4.78 is 0. The fraction of sp³-hybridized carbons (Fsp3) is 0.417. The largest absolute Gasteiger partial charge is 0.338 e. The molecular weight excluding hydrogens is 362 g/mol. The Kier molecular flexibility index (Phi) is 6.25. The normalized spacial score (nSPS) is 20.1. The van der Waals surface area contributed by atoms with Gasteiger partial charge in [-0.1, -0.05) is 48.9 Å². The number of rotatable bonds is 6. The Bertz CT molecular complexity index is 829. The molecule has 0 saturated carbocycles. The summed E-state index contributed by atoms with van der Waals surface area (Å²) in [5.41, 5.74) is 3.16. The second kappa shape index (κ2) is 9.23. The van der Waals surface area contributed by atoms with E-state index < -0.39 is 0 Å². The first-order valence-electron chi connectivity index (χ1n) is 10.6. The standard InChI is InChI=1S/C24H29N3O2/c28-23-15-21(18-27(23)17-19-7-3-1-4-8-19)24(29)25-22-11-9-20(10-12-22)16-26-13-5-2-6-14-26/h1,3-4,7-12,21H,2,5-6,13-18H2,(H,25,29). The summed E-state index contributed by atoms with van der Waals surface area (Å²) in [6.45, 7) is 4.36. The van der Waals surface area contributed by atoms with Crippen molar-refractivity contribution in [2.75, 3.05) is 25.0 Å². The van der Waals surface area contributed by atoms with Crippen molar-refractivity contribution in [3.05, 3.63) is 65.7 Å². The van der Waals surface area contributed by atoms with Gasteiger partial charge < -0.3 is 10.2 Å². The minimum absolute atomic E-state index is 0.0471. The molecule has 152 valence electrons. The fourth-order valence-corrected chi connectivity index (χ4v) is 4.22. The Morgan fingerprint density at radius 3 is 2.31 bits per heavy atom. The molecule has 2 aromatic carbocycles. The van der Waals surface area contributed by atoms with Gasteiger partial charge in [-0.25, -0.2) is 0 Å². The zero-order chi connectivity index (χ0) is 20.1. The lowest BCUT2D eigenvalue weighted by Crippen LogP contribution is -2.29. The van der Waals surface area contributed by atoms with Crippen LogP contribution in [-0.2, 0) is 22.7 Å². The first-order chi connectivity index (χ1) is 14.2. The quantitative estimate of drug-likeness (QED) is 0.818. The molecule has 5 heteroatoms. The van der Waals surface area contributed by atoms with Gasteiger partial charge in [0, 0.05) is 31.7 Å². The van der Waals surface area contributed by atoms with Gasteiger partial charge >= 0.3 is 0 Å². The number of carbonyl (C=O) groups is 2. The molecule has 2 heterocycles. The van der Waals surface area contributed by atoms with E-state index in [1.807, 2.05) is 42.5 Å². The highest BCUT2D eigenvalue weighted by molar-refractivity contribution is 5.97. The van der Waals surface area contributed by atoms with Crippen molar-refractivity contribution in [3.8, 4) is 0 Å². The van der Waals surface area contributed by atoms with Crippen LogP contribution in [0.1, 0.15) is 36.8 Å². The molecule has 2 fully saturated rings. The van der Waals surface area contributed by atoms with Crippen molar-refractivity contribution in [2.24, 2.45) is 5.92 Å². The van der Waals surface area contributed by atoms with Crippen LogP contribution in [-0.4, -0.2) is 41.2 Å². The van der Waals surface area contributed by atoms with Crippen molar-refractivity contribution in [3.63, 3.8) is 0 Å². The summed E-state index contributed by atoms with van der Waals surface area (Å²) in [5.74, 6) is -0.317. The molecule has 4 rings (SSSR count). The molecule has 2 saturated heterocycles. The monoisotopic (exact) mass is 391 g/mol. The molecule has 1 unspecified atom stereocenters. The van der Waals surface area contributed by atoms with E-state index in [-0.39, 0.29) is 24.2 Å². The smallest absolute Gasteiger partial charge is 0.229 e. The lowest BCUT2D eigenvalue weighted by molar-refractivity contribution is -0.128. The third-order valence-corrected chi connectivity index (χ3v) is 5.88. The Labute approximate surface area is 172 Å². The van der Waals surface area contributed by atoms with E-state index in [0.717, 1.165) is 17.8 Å². The zero-order valence-corrected chi connectivity index (χ0v) is 16.8. The summed E-state index contributed by atoms with van der Waals surface area (Å²) in [4.78, 5) is 29.3. The number of likely N-dealkylation sites (tertiary alicyclic amines) is 2. The summed E-state index contributed by atoms with van der Waals surface area (Å²) in [5, 5.41) is 2.99. The number of anilines is 1. The molecule has 2 aromatic rings. The summed E-state index contributed by atoms with van der Waals surface area (Å²) in [7, 11) is 0. The van der Waals surface area contributed by atoms with E-state index in [9.17, 15) is 9.59 Å². The second-order valence-electron chi connectivity index (χ2n) is 8.18. The third kappa shape index (κ3) is 5.24. The van der Waals surface area contributed by atoms with Gasteiger partial charge in [-0.05, 0) is 49.2 Å². The van der Waals surface area contributed by atoms with E-state index in [0.29, 0.717) is 13.1 Å². The van der Waals surface area contributed by atoms with Gasteiger partial charge in [-0.2, -0.15) is 0 Å². The topological polar surface area (TPSA) is 52.7 Å². The van der Waals surface area contributed by atoms with Crippen LogP contribution in [0, 0.1) is 5.92 Å². The maximum Gasteiger partial charge on any atom is 0.229 e. The molecule has 0 aromatic heterocycles. The van der Waals surface area contributed by atoms with Gasteiger partial charge in [0.05, 0.1) is 5.92 Å². The van der Waals surface area contributed by atoms with Crippen LogP contribution in [0.3, 0.4) is 0 Å². The molecule has 1 atom stereocenters. The highest BCUT2D eigenvalue weighted by Gasteiger charge is 2.34. The Balaban J connectivity index is 1.29. The number of nitrogens with zero attached hydrogens (tertiary/aromatic N) is 2. The predicted molar refractivity (Wildman–Crippen MR) is 114 cm³/mol. The number of benzene rings is 2. The Morgan fingerprint density at radius 1 is 0.897 bits per heavy atom. The van der Waals surface area contributed by atoms with Crippen LogP contribution in [0.15, 0.2) is 54.6 Å². The summed E-state index contributed by atoms with van der Waals surface area (Å²) >= 11 is 0. The molecule has 0 aliphatic carbocycles.